The molecule has 90 valence electrons. The quantitative estimate of drug-likeness (QED) is 0.871. The van der Waals surface area contributed by atoms with Crippen LogP contribution in [0.4, 0.5) is 0 Å². The lowest BCUT2D eigenvalue weighted by Gasteiger charge is -2.26. The van der Waals surface area contributed by atoms with Crippen molar-refractivity contribution >= 4 is 26.5 Å². The summed E-state index contributed by atoms with van der Waals surface area (Å²) in [7, 11) is -2.64. The van der Waals surface area contributed by atoms with Crippen LogP contribution >= 0.6 is 26.5 Å². The molecule has 0 saturated heterocycles. The third-order valence-electron chi connectivity index (χ3n) is 2.32. The molecule has 0 fully saturated rings. The van der Waals surface area contributed by atoms with Gasteiger partial charge in [-0.25, -0.2) is 0 Å². The third kappa shape index (κ3) is 3.07. The molecular formula is C12H12BrNO2S. The van der Waals surface area contributed by atoms with Crippen LogP contribution in [0.1, 0.15) is 0 Å². The first-order valence-corrected chi connectivity index (χ1v) is 7.67. The van der Waals surface area contributed by atoms with Gasteiger partial charge in [0.05, 0.1) is 10.6 Å². The summed E-state index contributed by atoms with van der Waals surface area (Å²) >= 11 is 3.39. The van der Waals surface area contributed by atoms with Gasteiger partial charge >= 0.3 is 0 Å². The number of hydrogen-bond acceptors (Lipinski definition) is 3. The maximum absolute atomic E-state index is 9.51. The molecule has 1 heterocycles. The van der Waals surface area contributed by atoms with E-state index in [-0.39, 0.29) is 0 Å². The van der Waals surface area contributed by atoms with Gasteiger partial charge in [0.15, 0.2) is 0 Å². The van der Waals surface area contributed by atoms with Crippen molar-refractivity contribution in [2.24, 2.45) is 0 Å². The Hall–Kier alpha value is -0.880. The zero-order valence-electron chi connectivity index (χ0n) is 9.17. The summed E-state index contributed by atoms with van der Waals surface area (Å²) < 4.78 is 20.0. The molecule has 5 heteroatoms. The standard InChI is InChI=1S/C12H12BrNO2S/c1-17(15,16)11-4-2-9(3-5-11)12-8-10(13)6-7-14-12/h2-8,15-16H,1H3. The van der Waals surface area contributed by atoms with E-state index in [0.29, 0.717) is 4.90 Å². The fourth-order valence-corrected chi connectivity index (χ4v) is 2.43. The number of hydrogen-bond donors (Lipinski definition) is 2. The molecule has 0 spiro atoms. The van der Waals surface area contributed by atoms with Gasteiger partial charge in [0.1, 0.15) is 0 Å². The van der Waals surface area contributed by atoms with E-state index in [2.05, 4.69) is 20.9 Å². The molecule has 1 aromatic carbocycles. The molecule has 0 unspecified atom stereocenters. The Labute approximate surface area is 110 Å². The zero-order valence-corrected chi connectivity index (χ0v) is 11.6. The SMILES string of the molecule is CS(O)(O)c1ccc(-c2cc(Br)ccn2)cc1. The fourth-order valence-electron chi connectivity index (χ4n) is 1.45. The second-order valence-electron chi connectivity index (χ2n) is 3.72. The van der Waals surface area contributed by atoms with Gasteiger partial charge in [-0.15, -0.1) is 0 Å². The third-order valence-corrected chi connectivity index (χ3v) is 3.98. The second kappa shape index (κ2) is 4.78. The van der Waals surface area contributed by atoms with Crippen LogP contribution in [0.15, 0.2) is 52.0 Å². The van der Waals surface area contributed by atoms with Crippen LogP contribution in [-0.2, 0) is 0 Å². The lowest BCUT2D eigenvalue weighted by atomic mass is 10.1. The van der Waals surface area contributed by atoms with Crippen LogP contribution in [-0.4, -0.2) is 20.3 Å². The minimum atomic E-state index is -2.64. The topological polar surface area (TPSA) is 53.4 Å². The summed E-state index contributed by atoms with van der Waals surface area (Å²) in [6.07, 6.45) is 3.14. The summed E-state index contributed by atoms with van der Waals surface area (Å²) in [4.78, 5) is 4.79. The van der Waals surface area contributed by atoms with Gasteiger partial charge in [-0.05, 0) is 24.3 Å². The van der Waals surface area contributed by atoms with Crippen molar-refractivity contribution in [1.29, 1.82) is 0 Å². The molecule has 0 aliphatic carbocycles. The van der Waals surface area contributed by atoms with Crippen molar-refractivity contribution in [3.05, 3.63) is 47.1 Å². The predicted octanol–water partition coefficient (Wildman–Crippen LogP) is 4.25. The Morgan fingerprint density at radius 1 is 1.12 bits per heavy atom. The average Bonchev–Trinajstić information content (AvgIpc) is 2.28. The van der Waals surface area contributed by atoms with Crippen LogP contribution < -0.4 is 0 Å². The summed E-state index contributed by atoms with van der Waals surface area (Å²) in [6.45, 7) is 0. The van der Waals surface area contributed by atoms with Crippen LogP contribution in [0.3, 0.4) is 0 Å². The molecule has 0 radical (unpaired) electrons. The summed E-state index contributed by atoms with van der Waals surface area (Å²) in [5, 5.41) is 0. The molecule has 0 aliphatic rings. The Kier molecular flexibility index (Phi) is 3.53. The highest BCUT2D eigenvalue weighted by atomic mass is 79.9. The fraction of sp³-hybridized carbons (Fsp3) is 0.0833. The number of rotatable bonds is 2. The molecule has 17 heavy (non-hydrogen) atoms. The highest BCUT2D eigenvalue weighted by Crippen LogP contribution is 2.44. The summed E-state index contributed by atoms with van der Waals surface area (Å²) in [6, 6.07) is 10.9. The molecule has 0 atom stereocenters. The maximum Gasteiger partial charge on any atom is 0.0713 e. The van der Waals surface area contributed by atoms with E-state index in [0.717, 1.165) is 15.7 Å². The number of benzene rings is 1. The van der Waals surface area contributed by atoms with E-state index in [4.69, 9.17) is 0 Å². The first-order chi connectivity index (χ1) is 7.97. The number of nitrogens with zero attached hydrogens (tertiary/aromatic N) is 1. The molecule has 0 aliphatic heterocycles. The first kappa shape index (κ1) is 12.6. The van der Waals surface area contributed by atoms with E-state index in [9.17, 15) is 9.11 Å². The Bertz CT molecular complexity index is 523. The molecule has 2 aromatic rings. The molecule has 0 saturated carbocycles. The Morgan fingerprint density at radius 2 is 1.76 bits per heavy atom. The van der Waals surface area contributed by atoms with Crippen molar-refractivity contribution in [2.45, 2.75) is 4.90 Å². The smallest absolute Gasteiger partial charge is 0.0713 e. The van der Waals surface area contributed by atoms with Gasteiger partial charge in [0.25, 0.3) is 0 Å². The minimum absolute atomic E-state index is 0.538. The van der Waals surface area contributed by atoms with Gasteiger partial charge in [-0.3, -0.25) is 14.1 Å². The predicted molar refractivity (Wildman–Crippen MR) is 74.4 cm³/mol. The minimum Gasteiger partial charge on any atom is -0.295 e. The molecule has 3 nitrogen and oxygen atoms in total. The average molecular weight is 314 g/mol. The van der Waals surface area contributed by atoms with E-state index >= 15 is 0 Å². The van der Waals surface area contributed by atoms with Crippen molar-refractivity contribution in [3.63, 3.8) is 0 Å². The Morgan fingerprint density at radius 3 is 2.29 bits per heavy atom. The van der Waals surface area contributed by atoms with Gasteiger partial charge < -0.3 is 0 Å². The van der Waals surface area contributed by atoms with E-state index in [1.807, 2.05) is 24.3 Å². The molecular weight excluding hydrogens is 302 g/mol. The second-order valence-corrected chi connectivity index (χ2v) is 6.77. The van der Waals surface area contributed by atoms with Crippen LogP contribution in [0.2, 0.25) is 0 Å². The molecule has 2 rings (SSSR count). The van der Waals surface area contributed by atoms with Crippen LogP contribution in [0, 0.1) is 0 Å². The molecule has 2 N–H and O–H groups in total. The van der Waals surface area contributed by atoms with Crippen molar-refractivity contribution in [3.8, 4) is 11.3 Å². The van der Waals surface area contributed by atoms with Gasteiger partial charge in [-0.1, -0.05) is 28.1 Å². The van der Waals surface area contributed by atoms with Crippen LogP contribution in [0.25, 0.3) is 11.3 Å². The van der Waals surface area contributed by atoms with Crippen molar-refractivity contribution in [1.82, 2.24) is 4.98 Å². The largest absolute Gasteiger partial charge is 0.295 e. The van der Waals surface area contributed by atoms with Gasteiger partial charge in [0, 0.05) is 22.5 Å². The Balaban J connectivity index is 2.36. The summed E-state index contributed by atoms with van der Waals surface area (Å²) in [5.74, 6) is 0. The highest BCUT2D eigenvalue weighted by Gasteiger charge is 2.08. The maximum atomic E-state index is 9.51. The van der Waals surface area contributed by atoms with E-state index in [1.165, 1.54) is 6.26 Å². The lowest BCUT2D eigenvalue weighted by Crippen LogP contribution is -1.94. The molecule has 0 amide bonds. The van der Waals surface area contributed by atoms with Gasteiger partial charge in [-0.2, -0.15) is 10.6 Å². The lowest BCUT2D eigenvalue weighted by molar-refractivity contribution is 0.495. The normalized spacial score (nSPS) is 12.5. The molecule has 1 aromatic heterocycles. The number of aromatic nitrogens is 1. The first-order valence-electron chi connectivity index (χ1n) is 4.92. The van der Waals surface area contributed by atoms with Crippen LogP contribution in [0.5, 0.6) is 0 Å². The zero-order chi connectivity index (χ0) is 12.5. The van der Waals surface area contributed by atoms with Crippen molar-refractivity contribution in [2.75, 3.05) is 6.26 Å². The monoisotopic (exact) mass is 313 g/mol. The number of pyridine rings is 1. The van der Waals surface area contributed by atoms with E-state index < -0.39 is 10.6 Å². The molecule has 0 bridgehead atoms. The van der Waals surface area contributed by atoms with Crippen molar-refractivity contribution < 1.29 is 9.11 Å². The van der Waals surface area contributed by atoms with E-state index in [1.54, 1.807) is 18.3 Å². The highest BCUT2D eigenvalue weighted by molar-refractivity contribution is 9.10. The summed E-state index contributed by atoms with van der Waals surface area (Å²) in [5.41, 5.74) is 1.79. The van der Waals surface area contributed by atoms with Gasteiger partial charge in [0.2, 0.25) is 0 Å². The number of halogens is 1.